The Bertz CT molecular complexity index is 101. The van der Waals surface area contributed by atoms with E-state index in [0.717, 1.165) is 0 Å². The van der Waals surface area contributed by atoms with Gasteiger partial charge in [-0.2, -0.15) is 0 Å². The van der Waals surface area contributed by atoms with Crippen molar-refractivity contribution in [2.75, 3.05) is 33.0 Å². The summed E-state index contributed by atoms with van der Waals surface area (Å²) in [6.07, 6.45) is 0. The monoisotopic (exact) mass is 177 g/mol. The van der Waals surface area contributed by atoms with E-state index in [2.05, 4.69) is 0 Å². The zero-order valence-corrected chi connectivity index (χ0v) is 7.88. The molecule has 0 unspecified atom stereocenters. The largest absolute Gasteiger partial charge is 0.394 e. The van der Waals surface area contributed by atoms with Crippen LogP contribution in [-0.4, -0.2) is 43.7 Å². The maximum Gasteiger partial charge on any atom is 0.0701 e. The molecular weight excluding hydrogens is 158 g/mol. The number of ether oxygens (including phenoxy) is 2. The van der Waals surface area contributed by atoms with Gasteiger partial charge in [-0.1, -0.05) is 0 Å². The third kappa shape index (κ3) is 9.84. The highest BCUT2D eigenvalue weighted by atomic mass is 16.5. The molecule has 3 N–H and O–H groups in total. The summed E-state index contributed by atoms with van der Waals surface area (Å²) in [5.41, 5.74) is 5.39. The second-order valence-corrected chi connectivity index (χ2v) is 3.38. The van der Waals surface area contributed by atoms with E-state index in [0.29, 0.717) is 26.4 Å². The van der Waals surface area contributed by atoms with E-state index in [4.69, 9.17) is 20.3 Å². The fourth-order valence-corrected chi connectivity index (χ4v) is 0.620. The molecule has 0 aliphatic carbocycles. The fraction of sp³-hybridized carbons (Fsp3) is 1.00. The molecule has 0 atom stereocenters. The number of nitrogens with two attached hydrogens (primary N) is 1. The minimum atomic E-state index is -0.281. The lowest BCUT2D eigenvalue weighted by Crippen LogP contribution is -2.37. The third-order valence-electron chi connectivity index (χ3n) is 1.08. The van der Waals surface area contributed by atoms with Crippen molar-refractivity contribution in [1.29, 1.82) is 0 Å². The summed E-state index contributed by atoms with van der Waals surface area (Å²) in [6, 6.07) is 0. The van der Waals surface area contributed by atoms with Crippen LogP contribution in [0, 0.1) is 0 Å². The van der Waals surface area contributed by atoms with Crippen molar-refractivity contribution in [2.45, 2.75) is 19.4 Å². The molecule has 0 amide bonds. The summed E-state index contributed by atoms with van der Waals surface area (Å²) in [5.74, 6) is 0. The van der Waals surface area contributed by atoms with Gasteiger partial charge in [0.1, 0.15) is 0 Å². The number of hydrogen-bond acceptors (Lipinski definition) is 4. The lowest BCUT2D eigenvalue weighted by atomic mass is 10.1. The highest BCUT2D eigenvalue weighted by molar-refractivity contribution is 4.69. The van der Waals surface area contributed by atoms with Crippen molar-refractivity contribution >= 4 is 0 Å². The van der Waals surface area contributed by atoms with Gasteiger partial charge in [0.15, 0.2) is 0 Å². The van der Waals surface area contributed by atoms with Crippen molar-refractivity contribution < 1.29 is 14.6 Å². The number of aliphatic hydroxyl groups excluding tert-OH is 1. The quantitative estimate of drug-likeness (QED) is 0.526. The van der Waals surface area contributed by atoms with Crippen LogP contribution in [0.25, 0.3) is 0 Å². The van der Waals surface area contributed by atoms with E-state index in [1.54, 1.807) is 0 Å². The van der Waals surface area contributed by atoms with E-state index < -0.39 is 0 Å². The standard InChI is InChI=1S/C8H19NO3/c1-8(2,9)7-12-6-5-11-4-3-10/h10H,3-7,9H2,1-2H3. The molecule has 0 aromatic carbocycles. The van der Waals surface area contributed by atoms with E-state index >= 15 is 0 Å². The molecule has 4 nitrogen and oxygen atoms in total. The predicted octanol–water partition coefficient (Wildman–Crippen LogP) is -0.251. The van der Waals surface area contributed by atoms with Gasteiger partial charge < -0.3 is 20.3 Å². The van der Waals surface area contributed by atoms with Crippen LogP contribution in [0.3, 0.4) is 0 Å². The first kappa shape index (κ1) is 11.8. The average molecular weight is 177 g/mol. The number of rotatable bonds is 7. The minimum absolute atomic E-state index is 0.0579. The first-order chi connectivity index (χ1) is 5.56. The second kappa shape index (κ2) is 6.37. The van der Waals surface area contributed by atoms with Crippen molar-refractivity contribution in [3.8, 4) is 0 Å². The molecule has 0 aromatic rings. The highest BCUT2D eigenvalue weighted by Crippen LogP contribution is 1.96. The summed E-state index contributed by atoms with van der Waals surface area (Å²) >= 11 is 0. The Hall–Kier alpha value is -0.160. The summed E-state index contributed by atoms with van der Waals surface area (Å²) in [4.78, 5) is 0. The van der Waals surface area contributed by atoms with E-state index in [-0.39, 0.29) is 12.1 Å². The van der Waals surface area contributed by atoms with Crippen molar-refractivity contribution in [3.63, 3.8) is 0 Å². The average Bonchev–Trinajstić information content (AvgIpc) is 1.94. The highest BCUT2D eigenvalue weighted by Gasteiger charge is 2.09. The van der Waals surface area contributed by atoms with Gasteiger partial charge >= 0.3 is 0 Å². The Morgan fingerprint density at radius 1 is 1.17 bits per heavy atom. The van der Waals surface area contributed by atoms with E-state index in [9.17, 15) is 0 Å². The second-order valence-electron chi connectivity index (χ2n) is 3.38. The van der Waals surface area contributed by atoms with Crippen LogP contribution in [0.5, 0.6) is 0 Å². The van der Waals surface area contributed by atoms with Crippen LogP contribution in [0.2, 0.25) is 0 Å². The molecule has 0 radical (unpaired) electrons. The fourth-order valence-electron chi connectivity index (χ4n) is 0.620. The molecule has 0 rings (SSSR count). The minimum Gasteiger partial charge on any atom is -0.394 e. The molecule has 74 valence electrons. The lowest BCUT2D eigenvalue weighted by molar-refractivity contribution is 0.0214. The Morgan fingerprint density at radius 2 is 1.75 bits per heavy atom. The van der Waals surface area contributed by atoms with Gasteiger partial charge in [0, 0.05) is 5.54 Å². The van der Waals surface area contributed by atoms with Gasteiger partial charge in [0.2, 0.25) is 0 Å². The zero-order valence-electron chi connectivity index (χ0n) is 7.88. The summed E-state index contributed by atoms with van der Waals surface area (Å²) in [5, 5.41) is 8.37. The number of hydrogen-bond donors (Lipinski definition) is 2. The summed E-state index contributed by atoms with van der Waals surface area (Å²) in [7, 11) is 0. The van der Waals surface area contributed by atoms with Crippen LogP contribution in [0.1, 0.15) is 13.8 Å². The Kier molecular flexibility index (Phi) is 6.28. The molecule has 0 heterocycles. The summed E-state index contributed by atoms with van der Waals surface area (Å²) in [6.45, 7) is 5.80. The first-order valence-electron chi connectivity index (χ1n) is 4.11. The van der Waals surface area contributed by atoms with E-state index in [1.807, 2.05) is 13.8 Å². The maximum absolute atomic E-state index is 8.37. The smallest absolute Gasteiger partial charge is 0.0701 e. The molecule has 0 spiro atoms. The molecule has 0 aliphatic heterocycles. The maximum atomic E-state index is 8.37. The zero-order chi connectivity index (χ0) is 9.45. The molecule has 0 aliphatic rings. The first-order valence-corrected chi connectivity index (χ1v) is 4.11. The van der Waals surface area contributed by atoms with E-state index in [1.165, 1.54) is 0 Å². The Morgan fingerprint density at radius 3 is 2.25 bits per heavy atom. The van der Waals surface area contributed by atoms with Gasteiger partial charge in [-0.05, 0) is 13.8 Å². The van der Waals surface area contributed by atoms with Gasteiger partial charge in [-0.15, -0.1) is 0 Å². The molecular formula is C8H19NO3. The van der Waals surface area contributed by atoms with Crippen LogP contribution in [-0.2, 0) is 9.47 Å². The van der Waals surface area contributed by atoms with Crippen molar-refractivity contribution in [3.05, 3.63) is 0 Å². The molecule has 0 aromatic heterocycles. The Labute approximate surface area is 73.7 Å². The molecule has 12 heavy (non-hydrogen) atoms. The molecule has 0 bridgehead atoms. The Balaban J connectivity index is 3.01. The molecule has 0 saturated carbocycles. The SMILES string of the molecule is CC(C)(N)COCCOCCO. The van der Waals surface area contributed by atoms with Gasteiger partial charge in [-0.25, -0.2) is 0 Å². The van der Waals surface area contributed by atoms with Crippen LogP contribution in [0.15, 0.2) is 0 Å². The molecule has 0 saturated heterocycles. The van der Waals surface area contributed by atoms with Gasteiger partial charge in [-0.3, -0.25) is 0 Å². The predicted molar refractivity (Wildman–Crippen MR) is 47.0 cm³/mol. The normalized spacial score (nSPS) is 12.0. The number of aliphatic hydroxyl groups is 1. The van der Waals surface area contributed by atoms with Crippen LogP contribution >= 0.6 is 0 Å². The van der Waals surface area contributed by atoms with Crippen LogP contribution in [0.4, 0.5) is 0 Å². The van der Waals surface area contributed by atoms with Gasteiger partial charge in [0.25, 0.3) is 0 Å². The van der Waals surface area contributed by atoms with Crippen molar-refractivity contribution in [2.24, 2.45) is 5.73 Å². The van der Waals surface area contributed by atoms with Crippen LogP contribution < -0.4 is 5.73 Å². The van der Waals surface area contributed by atoms with Gasteiger partial charge in [0.05, 0.1) is 33.0 Å². The molecule has 0 fully saturated rings. The lowest BCUT2D eigenvalue weighted by Gasteiger charge is -2.17. The topological polar surface area (TPSA) is 64.7 Å². The summed E-state index contributed by atoms with van der Waals surface area (Å²) < 4.78 is 10.2. The van der Waals surface area contributed by atoms with Crippen molar-refractivity contribution in [1.82, 2.24) is 0 Å². The molecule has 4 heteroatoms. The third-order valence-corrected chi connectivity index (χ3v) is 1.08.